The van der Waals surface area contributed by atoms with Crippen LogP contribution >= 0.6 is 0 Å². The molecule has 0 aliphatic heterocycles. The van der Waals surface area contributed by atoms with Crippen LogP contribution in [0.2, 0.25) is 0 Å². The number of fused-ring (bicyclic) bond motifs is 2. The quantitative estimate of drug-likeness (QED) is 0.768. The van der Waals surface area contributed by atoms with Gasteiger partial charge in [0.2, 0.25) is 0 Å². The van der Waals surface area contributed by atoms with E-state index in [1.807, 2.05) is 0 Å². The maximum Gasteiger partial charge on any atom is 0.0743 e. The lowest BCUT2D eigenvalue weighted by molar-refractivity contribution is -0.128. The molecule has 3 aliphatic carbocycles. The van der Waals surface area contributed by atoms with Gasteiger partial charge in [-0.1, -0.05) is 13.3 Å². The lowest BCUT2D eigenvalue weighted by Crippen LogP contribution is -2.56. The molecule has 0 radical (unpaired) electrons. The Hall–Kier alpha value is -0.0800. The van der Waals surface area contributed by atoms with Gasteiger partial charge in [-0.05, 0) is 56.3 Å². The number of rotatable bonds is 4. The zero-order chi connectivity index (χ0) is 11.4. The summed E-state index contributed by atoms with van der Waals surface area (Å²) < 4.78 is 0. The largest absolute Gasteiger partial charge is 0.389 e. The van der Waals surface area contributed by atoms with Gasteiger partial charge in [0.05, 0.1) is 5.60 Å². The van der Waals surface area contributed by atoms with Crippen LogP contribution in [0.4, 0.5) is 0 Å². The highest BCUT2D eigenvalue weighted by Crippen LogP contribution is 2.65. The molecule has 0 aromatic carbocycles. The Morgan fingerprint density at radius 3 is 2.44 bits per heavy atom. The monoisotopic (exact) mass is 223 g/mol. The average molecular weight is 223 g/mol. The summed E-state index contributed by atoms with van der Waals surface area (Å²) in [5.74, 6) is 2.14. The standard InChI is InChI=1S/C14H25NO/c1-2-14(16,11-5-6-11)13(9-15)8-10-3-4-12(13)7-10/h10-12,16H,2-9,15H2,1H3. The molecule has 2 heteroatoms. The van der Waals surface area contributed by atoms with Gasteiger partial charge in [0, 0.05) is 12.0 Å². The van der Waals surface area contributed by atoms with Crippen LogP contribution in [-0.4, -0.2) is 17.3 Å². The van der Waals surface area contributed by atoms with Crippen molar-refractivity contribution in [2.75, 3.05) is 6.54 Å². The van der Waals surface area contributed by atoms with Crippen LogP contribution in [0, 0.1) is 23.2 Å². The molecular formula is C14H25NO. The first-order valence-corrected chi connectivity index (χ1v) is 7.08. The second-order valence-corrected chi connectivity index (χ2v) is 6.49. The van der Waals surface area contributed by atoms with E-state index in [0.29, 0.717) is 18.4 Å². The molecule has 3 N–H and O–H groups in total. The molecule has 3 fully saturated rings. The molecule has 0 heterocycles. The van der Waals surface area contributed by atoms with Gasteiger partial charge in [-0.3, -0.25) is 0 Å². The Labute approximate surface area is 98.6 Å². The second kappa shape index (κ2) is 3.46. The summed E-state index contributed by atoms with van der Waals surface area (Å²) in [6.07, 6.45) is 8.60. The van der Waals surface area contributed by atoms with E-state index in [1.54, 1.807) is 0 Å². The van der Waals surface area contributed by atoms with Crippen LogP contribution in [0.1, 0.15) is 51.9 Å². The maximum absolute atomic E-state index is 11.2. The van der Waals surface area contributed by atoms with E-state index in [2.05, 4.69) is 6.92 Å². The molecule has 16 heavy (non-hydrogen) atoms. The zero-order valence-corrected chi connectivity index (χ0v) is 10.4. The van der Waals surface area contributed by atoms with E-state index in [4.69, 9.17) is 5.73 Å². The van der Waals surface area contributed by atoms with Crippen LogP contribution in [0.15, 0.2) is 0 Å². The van der Waals surface area contributed by atoms with Gasteiger partial charge < -0.3 is 10.8 Å². The predicted octanol–water partition coefficient (Wildman–Crippen LogP) is 2.30. The highest BCUT2D eigenvalue weighted by Gasteiger charge is 2.63. The molecule has 0 aromatic heterocycles. The lowest BCUT2D eigenvalue weighted by Gasteiger charge is -2.50. The third-order valence-electron chi connectivity index (χ3n) is 5.99. The smallest absolute Gasteiger partial charge is 0.0743 e. The predicted molar refractivity (Wildman–Crippen MR) is 64.9 cm³/mol. The summed E-state index contributed by atoms with van der Waals surface area (Å²) in [7, 11) is 0. The van der Waals surface area contributed by atoms with Crippen molar-refractivity contribution in [1.82, 2.24) is 0 Å². The van der Waals surface area contributed by atoms with E-state index in [-0.39, 0.29) is 5.41 Å². The summed E-state index contributed by atoms with van der Waals surface area (Å²) in [6, 6.07) is 0. The molecule has 2 bridgehead atoms. The molecule has 0 aromatic rings. The maximum atomic E-state index is 11.2. The van der Waals surface area contributed by atoms with Crippen LogP contribution in [0.3, 0.4) is 0 Å². The summed E-state index contributed by atoms with van der Waals surface area (Å²) in [5.41, 5.74) is 5.75. The normalized spacial score (nSPS) is 45.9. The van der Waals surface area contributed by atoms with Crippen LogP contribution in [0.5, 0.6) is 0 Å². The van der Waals surface area contributed by atoms with Crippen molar-refractivity contribution >= 4 is 0 Å². The average Bonchev–Trinajstić information content (AvgIpc) is 2.99. The van der Waals surface area contributed by atoms with Gasteiger partial charge in [-0.25, -0.2) is 0 Å². The van der Waals surface area contributed by atoms with Crippen molar-refractivity contribution in [3.8, 4) is 0 Å². The van der Waals surface area contributed by atoms with Gasteiger partial charge in [0.15, 0.2) is 0 Å². The fourth-order valence-corrected chi connectivity index (χ4v) is 5.01. The molecule has 92 valence electrons. The van der Waals surface area contributed by atoms with Crippen molar-refractivity contribution in [2.24, 2.45) is 28.9 Å². The first-order valence-electron chi connectivity index (χ1n) is 7.08. The Morgan fingerprint density at radius 2 is 2.06 bits per heavy atom. The van der Waals surface area contributed by atoms with E-state index in [9.17, 15) is 5.11 Å². The van der Waals surface area contributed by atoms with E-state index in [0.717, 1.165) is 12.3 Å². The molecule has 0 amide bonds. The SMILES string of the molecule is CCC(O)(C1CC1)C1(CN)CC2CCC1C2. The van der Waals surface area contributed by atoms with Gasteiger partial charge in [0.1, 0.15) is 0 Å². The highest BCUT2D eigenvalue weighted by molar-refractivity contribution is 5.14. The molecule has 3 rings (SSSR count). The summed E-state index contributed by atoms with van der Waals surface area (Å²) in [5, 5.41) is 11.2. The topological polar surface area (TPSA) is 46.2 Å². The molecule has 4 atom stereocenters. The molecule has 2 nitrogen and oxygen atoms in total. The first-order chi connectivity index (χ1) is 7.66. The van der Waals surface area contributed by atoms with Crippen LogP contribution in [0.25, 0.3) is 0 Å². The Balaban J connectivity index is 1.94. The molecule has 4 unspecified atom stereocenters. The Bertz CT molecular complexity index is 288. The van der Waals surface area contributed by atoms with Gasteiger partial charge >= 0.3 is 0 Å². The number of aliphatic hydroxyl groups is 1. The molecule has 0 saturated heterocycles. The minimum atomic E-state index is -0.443. The highest BCUT2D eigenvalue weighted by atomic mass is 16.3. The summed E-state index contributed by atoms with van der Waals surface area (Å²) in [6.45, 7) is 2.86. The van der Waals surface area contributed by atoms with Crippen molar-refractivity contribution in [2.45, 2.75) is 57.5 Å². The molecule has 3 saturated carbocycles. The molecule has 0 spiro atoms. The summed E-state index contributed by atoms with van der Waals surface area (Å²) in [4.78, 5) is 0. The fourth-order valence-electron chi connectivity index (χ4n) is 5.01. The van der Waals surface area contributed by atoms with Crippen molar-refractivity contribution in [3.05, 3.63) is 0 Å². The first kappa shape index (κ1) is 11.0. The molecule has 3 aliphatic rings. The van der Waals surface area contributed by atoms with Crippen LogP contribution < -0.4 is 5.73 Å². The lowest BCUT2D eigenvalue weighted by atomic mass is 9.59. The molecular weight excluding hydrogens is 198 g/mol. The number of hydrogen-bond acceptors (Lipinski definition) is 2. The Kier molecular flexibility index (Phi) is 2.38. The minimum absolute atomic E-state index is 0.0752. The van der Waals surface area contributed by atoms with E-state index in [1.165, 1.54) is 38.5 Å². The van der Waals surface area contributed by atoms with Crippen molar-refractivity contribution in [1.29, 1.82) is 0 Å². The zero-order valence-electron chi connectivity index (χ0n) is 10.4. The summed E-state index contributed by atoms with van der Waals surface area (Å²) >= 11 is 0. The Morgan fingerprint density at radius 1 is 1.31 bits per heavy atom. The van der Waals surface area contributed by atoms with Gasteiger partial charge in [0.25, 0.3) is 0 Å². The van der Waals surface area contributed by atoms with Gasteiger partial charge in [-0.2, -0.15) is 0 Å². The second-order valence-electron chi connectivity index (χ2n) is 6.49. The number of hydrogen-bond donors (Lipinski definition) is 2. The van der Waals surface area contributed by atoms with Gasteiger partial charge in [-0.15, -0.1) is 0 Å². The minimum Gasteiger partial charge on any atom is -0.389 e. The number of nitrogens with two attached hydrogens (primary N) is 1. The van der Waals surface area contributed by atoms with Crippen molar-refractivity contribution in [3.63, 3.8) is 0 Å². The van der Waals surface area contributed by atoms with E-state index < -0.39 is 5.60 Å². The third-order valence-corrected chi connectivity index (χ3v) is 5.99. The third kappa shape index (κ3) is 1.20. The fraction of sp³-hybridized carbons (Fsp3) is 1.00. The van der Waals surface area contributed by atoms with Crippen molar-refractivity contribution < 1.29 is 5.11 Å². The van der Waals surface area contributed by atoms with E-state index >= 15 is 0 Å². The van der Waals surface area contributed by atoms with Crippen LogP contribution in [-0.2, 0) is 0 Å².